The van der Waals surface area contributed by atoms with E-state index in [-0.39, 0.29) is 15.8 Å². The highest BCUT2D eigenvalue weighted by Crippen LogP contribution is 2.40. The highest BCUT2D eigenvalue weighted by Gasteiger charge is 2.41. The predicted octanol–water partition coefficient (Wildman–Crippen LogP) is 6.01. The molecule has 0 unspecified atom stereocenters. The van der Waals surface area contributed by atoms with Crippen molar-refractivity contribution < 1.29 is 43.2 Å². The third-order valence-electron chi connectivity index (χ3n) is 4.38. The molecule has 0 spiro atoms. The molecule has 188 valence electrons. The smallest absolute Gasteiger partial charge is 0.262 e. The van der Waals surface area contributed by atoms with Gasteiger partial charge in [0.2, 0.25) is 0 Å². The average Bonchev–Trinajstić information content (AvgIpc) is 2.72. The Kier molecular flexibility index (Phi) is 7.07. The lowest BCUT2D eigenvalue weighted by molar-refractivity contribution is -0.138. The van der Waals surface area contributed by atoms with Crippen molar-refractivity contribution >= 4 is 48.9 Å². The molecule has 0 amide bonds. The van der Waals surface area contributed by atoms with Crippen LogP contribution in [0.1, 0.15) is 11.1 Å². The Hall–Kier alpha value is -2.55. The van der Waals surface area contributed by atoms with Crippen LogP contribution in [-0.4, -0.2) is 21.8 Å². The lowest BCUT2D eigenvalue weighted by Gasteiger charge is -2.24. The van der Waals surface area contributed by atoms with Gasteiger partial charge in [-0.15, -0.1) is 0 Å². The first-order chi connectivity index (χ1) is 16.0. The highest BCUT2D eigenvalue weighted by molar-refractivity contribution is 8.10. The highest BCUT2D eigenvalue weighted by atomic mass is 35.5. The van der Waals surface area contributed by atoms with E-state index in [2.05, 4.69) is 4.98 Å². The molecule has 0 saturated carbocycles. The van der Waals surface area contributed by atoms with Gasteiger partial charge >= 0.3 is 12.4 Å². The molecule has 1 aromatic heterocycles. The molecule has 0 saturated heterocycles. The van der Waals surface area contributed by atoms with Crippen LogP contribution in [0.2, 0.25) is 10.0 Å². The molecule has 0 atom stereocenters. The topological polar surface area (TPSA) is 84.4 Å². The van der Waals surface area contributed by atoms with Crippen molar-refractivity contribution in [1.29, 1.82) is 0 Å². The summed E-state index contributed by atoms with van der Waals surface area (Å²) in [6, 6.07) is 4.69. The molecular formula is C19H10Cl2F6N2O4S2. The largest absolute Gasteiger partial charge is 0.417 e. The van der Waals surface area contributed by atoms with Crippen molar-refractivity contribution in [2.24, 2.45) is 0 Å². The Morgan fingerprint density at radius 2 is 1.14 bits per heavy atom. The van der Waals surface area contributed by atoms with E-state index in [1.54, 1.807) is 0 Å². The molecule has 3 rings (SSSR count). The molecule has 3 aromatic rings. The van der Waals surface area contributed by atoms with Crippen LogP contribution in [0.4, 0.5) is 32.0 Å². The summed E-state index contributed by atoms with van der Waals surface area (Å²) in [4.78, 5) is 1.30. The first-order valence-corrected chi connectivity index (χ1v) is 12.5. The fourth-order valence-electron chi connectivity index (χ4n) is 2.82. The number of aromatic nitrogens is 1. The number of sulfonamides is 2. The molecule has 16 heteroatoms. The second-order valence-corrected chi connectivity index (χ2v) is 11.3. The summed E-state index contributed by atoms with van der Waals surface area (Å²) in [5.74, 6) is 0. The Bertz CT molecular complexity index is 1390. The van der Waals surface area contributed by atoms with Crippen LogP contribution < -0.4 is 3.71 Å². The molecule has 1 heterocycles. The first kappa shape index (κ1) is 27.0. The van der Waals surface area contributed by atoms with E-state index >= 15 is 0 Å². The fourth-order valence-corrected chi connectivity index (χ4v) is 6.99. The molecule has 0 aliphatic heterocycles. The summed E-state index contributed by atoms with van der Waals surface area (Å²) in [6.45, 7) is 0. The normalized spacial score (nSPS) is 13.0. The number of halogens is 8. The Morgan fingerprint density at radius 3 is 1.49 bits per heavy atom. The summed E-state index contributed by atoms with van der Waals surface area (Å²) in [6.07, 6.45) is -8.32. The summed E-state index contributed by atoms with van der Waals surface area (Å²) >= 11 is 11.0. The van der Waals surface area contributed by atoms with E-state index in [4.69, 9.17) is 23.2 Å². The Labute approximate surface area is 204 Å². The zero-order valence-corrected chi connectivity index (χ0v) is 19.8. The third kappa shape index (κ3) is 5.34. The number of alkyl halides is 6. The second-order valence-electron chi connectivity index (χ2n) is 6.70. The van der Waals surface area contributed by atoms with E-state index in [1.165, 1.54) is 0 Å². The van der Waals surface area contributed by atoms with Crippen molar-refractivity contribution in [3.05, 3.63) is 82.1 Å². The monoisotopic (exact) mass is 578 g/mol. The lowest BCUT2D eigenvalue weighted by Crippen LogP contribution is -2.37. The number of rotatable bonds is 5. The molecule has 0 N–H and O–H groups in total. The van der Waals surface area contributed by atoms with Crippen molar-refractivity contribution in [2.45, 2.75) is 22.1 Å². The number of hydrogen-bond acceptors (Lipinski definition) is 5. The summed E-state index contributed by atoms with van der Waals surface area (Å²) in [7, 11) is -10.8. The van der Waals surface area contributed by atoms with Crippen molar-refractivity contribution in [2.75, 3.05) is 3.71 Å². The van der Waals surface area contributed by atoms with Gasteiger partial charge in [0.15, 0.2) is 0 Å². The minimum Gasteiger partial charge on any atom is -0.262 e. The van der Waals surface area contributed by atoms with Gasteiger partial charge in [-0.2, -0.15) is 30.1 Å². The van der Waals surface area contributed by atoms with Gasteiger partial charge in [-0.25, -0.2) is 16.8 Å². The Balaban J connectivity index is 2.31. The van der Waals surface area contributed by atoms with E-state index in [9.17, 15) is 43.2 Å². The summed E-state index contributed by atoms with van der Waals surface area (Å²) in [5, 5.41) is -1.72. The quantitative estimate of drug-likeness (QED) is 0.346. The molecule has 0 fully saturated rings. The van der Waals surface area contributed by atoms with Crippen LogP contribution in [0.5, 0.6) is 0 Å². The molecular weight excluding hydrogens is 569 g/mol. The van der Waals surface area contributed by atoms with Gasteiger partial charge < -0.3 is 0 Å². The van der Waals surface area contributed by atoms with Gasteiger partial charge in [-0.1, -0.05) is 23.2 Å². The average molecular weight is 579 g/mol. The van der Waals surface area contributed by atoms with E-state index in [0.717, 1.165) is 24.5 Å². The van der Waals surface area contributed by atoms with E-state index in [0.29, 0.717) is 24.3 Å². The van der Waals surface area contributed by atoms with Gasteiger partial charge in [0, 0.05) is 6.20 Å². The van der Waals surface area contributed by atoms with Crippen molar-refractivity contribution in [3.8, 4) is 0 Å². The lowest BCUT2D eigenvalue weighted by atomic mass is 10.2. The van der Waals surface area contributed by atoms with Gasteiger partial charge in [0.05, 0.1) is 42.8 Å². The maximum atomic E-state index is 13.4. The Morgan fingerprint density at radius 1 is 0.714 bits per heavy atom. The predicted molar refractivity (Wildman–Crippen MR) is 114 cm³/mol. The maximum Gasteiger partial charge on any atom is 0.417 e. The van der Waals surface area contributed by atoms with Crippen LogP contribution in [0.25, 0.3) is 0 Å². The first-order valence-electron chi connectivity index (χ1n) is 8.91. The molecule has 2 aromatic carbocycles. The number of pyridine rings is 1. The molecule has 6 nitrogen and oxygen atoms in total. The van der Waals surface area contributed by atoms with Crippen LogP contribution in [-0.2, 0) is 32.4 Å². The second kappa shape index (κ2) is 9.15. The van der Waals surface area contributed by atoms with Gasteiger partial charge in [-0.05, 0) is 48.5 Å². The number of benzene rings is 2. The van der Waals surface area contributed by atoms with Gasteiger partial charge in [0.25, 0.3) is 20.0 Å². The van der Waals surface area contributed by atoms with E-state index in [1.807, 2.05) is 0 Å². The number of nitrogens with zero attached hydrogens (tertiary/aromatic N) is 2. The van der Waals surface area contributed by atoms with Crippen LogP contribution in [0.3, 0.4) is 0 Å². The molecule has 0 radical (unpaired) electrons. The van der Waals surface area contributed by atoms with Gasteiger partial charge in [0.1, 0.15) is 0 Å². The van der Waals surface area contributed by atoms with E-state index < -0.39 is 69.0 Å². The van der Waals surface area contributed by atoms with Crippen LogP contribution >= 0.6 is 23.2 Å². The zero-order valence-electron chi connectivity index (χ0n) is 16.6. The molecule has 35 heavy (non-hydrogen) atoms. The van der Waals surface area contributed by atoms with Crippen molar-refractivity contribution in [3.63, 3.8) is 0 Å². The number of hydrogen-bond donors (Lipinski definition) is 0. The van der Waals surface area contributed by atoms with Crippen LogP contribution in [0.15, 0.2) is 70.7 Å². The molecule has 0 aliphatic rings. The SMILES string of the molecule is O=S(=O)(c1ccc(Cl)c(C(F)(F)F)c1)N(c1cccnc1)S(=O)(=O)c1ccc(Cl)c(C(F)(F)F)c1. The molecule has 0 aliphatic carbocycles. The summed E-state index contributed by atoms with van der Waals surface area (Å²) in [5.41, 5.74) is -3.83. The minimum absolute atomic E-state index is 0.111. The minimum atomic E-state index is -5.39. The maximum absolute atomic E-state index is 13.4. The standard InChI is InChI=1S/C19H10Cl2F6N2O4S2/c20-16-5-3-12(8-14(16)18(22,23)24)34(30,31)29(11-2-1-7-28-10-11)35(32,33)13-4-6-17(21)15(9-13)19(25,26)27/h1-10H. The zero-order chi connectivity index (χ0) is 26.4. The van der Waals surface area contributed by atoms with Gasteiger partial charge in [-0.3, -0.25) is 4.98 Å². The van der Waals surface area contributed by atoms with Crippen molar-refractivity contribution in [1.82, 2.24) is 4.98 Å². The number of anilines is 1. The third-order valence-corrected chi connectivity index (χ3v) is 9.21. The fraction of sp³-hybridized carbons (Fsp3) is 0.105. The van der Waals surface area contributed by atoms with Crippen LogP contribution in [0, 0.1) is 0 Å². The molecule has 0 bridgehead atoms. The summed E-state index contributed by atoms with van der Waals surface area (Å²) < 4.78 is 133.